The van der Waals surface area contributed by atoms with E-state index in [-0.39, 0.29) is 29.8 Å². The van der Waals surface area contributed by atoms with Crippen LogP contribution in [0.25, 0.3) is 0 Å². The molecule has 2 aliphatic heterocycles. The van der Waals surface area contributed by atoms with Crippen molar-refractivity contribution in [1.29, 1.82) is 0 Å². The van der Waals surface area contributed by atoms with Crippen LogP contribution in [-0.2, 0) is 21.4 Å². The second kappa shape index (κ2) is 8.73. The minimum atomic E-state index is -3.73. The van der Waals surface area contributed by atoms with E-state index >= 15 is 0 Å². The third-order valence-corrected chi connectivity index (χ3v) is 7.74. The van der Waals surface area contributed by atoms with Gasteiger partial charge in [-0.25, -0.2) is 12.8 Å². The number of hydrogen-bond donors (Lipinski definition) is 1. The highest BCUT2D eigenvalue weighted by atomic mass is 32.2. The molecule has 160 valence electrons. The molecule has 8 heteroatoms. The zero-order valence-corrected chi connectivity index (χ0v) is 17.6. The number of nitrogens with one attached hydrogen (secondary N) is 1. The number of anilines is 1. The Morgan fingerprint density at radius 1 is 1.03 bits per heavy atom. The van der Waals surface area contributed by atoms with Gasteiger partial charge in [0.25, 0.3) is 0 Å². The molecule has 30 heavy (non-hydrogen) atoms. The van der Waals surface area contributed by atoms with Crippen molar-refractivity contribution in [1.82, 2.24) is 9.62 Å². The molecule has 2 saturated heterocycles. The monoisotopic (exact) mass is 431 g/mol. The Labute approximate surface area is 176 Å². The molecule has 2 aromatic carbocycles. The van der Waals surface area contributed by atoms with Crippen molar-refractivity contribution in [2.75, 3.05) is 31.1 Å². The molecule has 0 spiro atoms. The van der Waals surface area contributed by atoms with E-state index in [1.807, 2.05) is 18.2 Å². The fourth-order valence-corrected chi connectivity index (χ4v) is 5.67. The van der Waals surface area contributed by atoms with E-state index in [0.717, 1.165) is 36.5 Å². The summed E-state index contributed by atoms with van der Waals surface area (Å²) in [6, 6.07) is 12.9. The molecule has 2 aromatic rings. The molecule has 0 aliphatic carbocycles. The van der Waals surface area contributed by atoms with Crippen LogP contribution >= 0.6 is 0 Å². The van der Waals surface area contributed by atoms with E-state index in [9.17, 15) is 17.6 Å². The molecule has 6 nitrogen and oxygen atoms in total. The van der Waals surface area contributed by atoms with Crippen molar-refractivity contribution in [3.05, 3.63) is 59.9 Å². The number of para-hydroxylation sites is 1. The SMILES string of the molecule is O=C(NCc1ccccc1N1CCCC1)[C@H]1CCN(S(=O)(=O)c2ccc(F)cc2)C1. The minimum Gasteiger partial charge on any atom is -0.371 e. The summed E-state index contributed by atoms with van der Waals surface area (Å²) in [5, 5.41) is 2.99. The van der Waals surface area contributed by atoms with Gasteiger partial charge in [0.05, 0.1) is 10.8 Å². The third-order valence-electron chi connectivity index (χ3n) is 5.86. The van der Waals surface area contributed by atoms with Crippen molar-refractivity contribution in [3.8, 4) is 0 Å². The lowest BCUT2D eigenvalue weighted by molar-refractivity contribution is -0.124. The quantitative estimate of drug-likeness (QED) is 0.764. The van der Waals surface area contributed by atoms with Crippen LogP contribution in [0.15, 0.2) is 53.4 Å². The van der Waals surface area contributed by atoms with E-state index in [1.165, 1.54) is 29.3 Å². The molecule has 2 heterocycles. The highest BCUT2D eigenvalue weighted by molar-refractivity contribution is 7.89. The first-order valence-electron chi connectivity index (χ1n) is 10.3. The summed E-state index contributed by atoms with van der Waals surface area (Å²) in [6.45, 7) is 2.90. The van der Waals surface area contributed by atoms with Gasteiger partial charge in [-0.2, -0.15) is 4.31 Å². The van der Waals surface area contributed by atoms with Crippen molar-refractivity contribution in [2.45, 2.75) is 30.7 Å². The maximum absolute atomic E-state index is 13.1. The summed E-state index contributed by atoms with van der Waals surface area (Å²) < 4.78 is 39.9. The number of benzene rings is 2. The Hall–Kier alpha value is -2.45. The Bertz CT molecular complexity index is 1000. The highest BCUT2D eigenvalue weighted by Gasteiger charge is 2.35. The summed E-state index contributed by atoms with van der Waals surface area (Å²) in [6.07, 6.45) is 2.84. The number of nitrogens with zero attached hydrogens (tertiary/aromatic N) is 2. The standard InChI is InChI=1S/C22H26FN3O3S/c23-19-7-9-20(10-8-19)30(28,29)26-14-11-18(16-26)22(27)24-15-17-5-1-2-6-21(17)25-12-3-4-13-25/h1-2,5-10,18H,3-4,11-16H2,(H,24,27)/t18-/m0/s1. The maximum atomic E-state index is 13.1. The van der Waals surface area contributed by atoms with Crippen molar-refractivity contribution in [2.24, 2.45) is 5.92 Å². The van der Waals surface area contributed by atoms with Crippen LogP contribution < -0.4 is 10.2 Å². The molecule has 0 bridgehead atoms. The average molecular weight is 432 g/mol. The predicted molar refractivity (Wildman–Crippen MR) is 113 cm³/mol. The van der Waals surface area contributed by atoms with Crippen LogP contribution in [0.4, 0.5) is 10.1 Å². The van der Waals surface area contributed by atoms with E-state index in [1.54, 1.807) is 0 Å². The van der Waals surface area contributed by atoms with Crippen molar-refractivity contribution >= 4 is 21.6 Å². The van der Waals surface area contributed by atoms with Gasteiger partial charge in [-0.15, -0.1) is 0 Å². The lowest BCUT2D eigenvalue weighted by atomic mass is 10.1. The summed E-state index contributed by atoms with van der Waals surface area (Å²) in [5.41, 5.74) is 2.23. The molecule has 0 aromatic heterocycles. The van der Waals surface area contributed by atoms with Gasteiger partial charge in [-0.3, -0.25) is 4.79 Å². The molecule has 0 unspecified atom stereocenters. The molecule has 2 fully saturated rings. The van der Waals surface area contributed by atoms with E-state index in [4.69, 9.17) is 0 Å². The summed E-state index contributed by atoms with van der Waals surface area (Å²) in [7, 11) is -3.73. The minimum absolute atomic E-state index is 0.0458. The van der Waals surface area contributed by atoms with Gasteiger partial charge < -0.3 is 10.2 Å². The molecule has 1 N–H and O–H groups in total. The molecule has 0 radical (unpaired) electrons. The van der Waals surface area contributed by atoms with Gasteiger partial charge >= 0.3 is 0 Å². The zero-order chi connectivity index (χ0) is 21.1. The Balaban J connectivity index is 1.37. The fraction of sp³-hybridized carbons (Fsp3) is 0.409. The number of rotatable bonds is 6. The molecular weight excluding hydrogens is 405 g/mol. The molecule has 1 atom stereocenters. The summed E-state index contributed by atoms with van der Waals surface area (Å²) in [4.78, 5) is 15.1. The molecule has 2 aliphatic rings. The van der Waals surface area contributed by atoms with Crippen LogP contribution in [0, 0.1) is 11.7 Å². The van der Waals surface area contributed by atoms with Crippen LogP contribution in [0.1, 0.15) is 24.8 Å². The van der Waals surface area contributed by atoms with Crippen LogP contribution in [0.3, 0.4) is 0 Å². The van der Waals surface area contributed by atoms with E-state index in [2.05, 4.69) is 16.3 Å². The van der Waals surface area contributed by atoms with Crippen LogP contribution in [-0.4, -0.2) is 44.8 Å². The number of amides is 1. The molecule has 4 rings (SSSR count). The lowest BCUT2D eigenvalue weighted by Crippen LogP contribution is -2.34. The second-order valence-electron chi connectivity index (χ2n) is 7.84. The van der Waals surface area contributed by atoms with Gasteiger partial charge in [0, 0.05) is 38.4 Å². The third kappa shape index (κ3) is 4.34. The molecule has 1 amide bonds. The smallest absolute Gasteiger partial charge is 0.243 e. The van der Waals surface area contributed by atoms with Crippen molar-refractivity contribution < 1.29 is 17.6 Å². The summed E-state index contributed by atoms with van der Waals surface area (Å²) >= 11 is 0. The van der Waals surface area contributed by atoms with E-state index < -0.39 is 15.8 Å². The average Bonchev–Trinajstić information content (AvgIpc) is 3.45. The largest absolute Gasteiger partial charge is 0.371 e. The Kier molecular flexibility index (Phi) is 6.06. The van der Waals surface area contributed by atoms with Gasteiger partial charge in [0.1, 0.15) is 5.82 Å². The van der Waals surface area contributed by atoms with E-state index in [0.29, 0.717) is 13.0 Å². The van der Waals surface area contributed by atoms with Gasteiger partial charge in [-0.1, -0.05) is 18.2 Å². The number of carbonyl (C=O) groups is 1. The first-order chi connectivity index (χ1) is 14.4. The normalized spacial score (nSPS) is 19.9. The highest BCUT2D eigenvalue weighted by Crippen LogP contribution is 2.26. The number of halogens is 1. The number of hydrogen-bond acceptors (Lipinski definition) is 4. The molecular formula is C22H26FN3O3S. The van der Waals surface area contributed by atoms with Crippen molar-refractivity contribution in [3.63, 3.8) is 0 Å². The maximum Gasteiger partial charge on any atom is 0.243 e. The zero-order valence-electron chi connectivity index (χ0n) is 16.8. The summed E-state index contributed by atoms with van der Waals surface area (Å²) in [5.74, 6) is -1.01. The fourth-order valence-electron chi connectivity index (χ4n) is 4.17. The number of sulfonamides is 1. The second-order valence-corrected chi connectivity index (χ2v) is 9.78. The van der Waals surface area contributed by atoms with Gasteiger partial charge in [-0.05, 0) is 55.2 Å². The predicted octanol–water partition coefficient (Wildman–Crippen LogP) is 2.75. The van der Waals surface area contributed by atoms with Gasteiger partial charge in [0.15, 0.2) is 0 Å². The first-order valence-corrected chi connectivity index (χ1v) is 11.8. The Morgan fingerprint density at radius 3 is 2.47 bits per heavy atom. The Morgan fingerprint density at radius 2 is 1.73 bits per heavy atom. The first kappa shape index (κ1) is 20.8. The number of carbonyl (C=O) groups excluding carboxylic acids is 1. The lowest BCUT2D eigenvalue weighted by Gasteiger charge is -2.22. The van der Waals surface area contributed by atoms with Crippen LogP contribution in [0.2, 0.25) is 0 Å². The molecule has 0 saturated carbocycles. The topological polar surface area (TPSA) is 69.7 Å². The van der Waals surface area contributed by atoms with Gasteiger partial charge in [0.2, 0.25) is 15.9 Å². The van der Waals surface area contributed by atoms with Crippen LogP contribution in [0.5, 0.6) is 0 Å².